The maximum absolute atomic E-state index is 13.0. The van der Waals surface area contributed by atoms with Crippen molar-refractivity contribution >= 4 is 46.2 Å². The lowest BCUT2D eigenvalue weighted by molar-refractivity contribution is -0.137. The Morgan fingerprint density at radius 3 is 2.66 bits per heavy atom. The lowest BCUT2D eigenvalue weighted by atomic mass is 9.99. The fourth-order valence-corrected chi connectivity index (χ4v) is 3.45. The van der Waals surface area contributed by atoms with E-state index < -0.39 is 46.7 Å². The van der Waals surface area contributed by atoms with Crippen LogP contribution >= 0.6 is 11.6 Å². The summed E-state index contributed by atoms with van der Waals surface area (Å²) in [7, 11) is 0. The summed E-state index contributed by atoms with van der Waals surface area (Å²) in [6, 6.07) is 8.41. The van der Waals surface area contributed by atoms with E-state index in [0.29, 0.717) is 22.7 Å². The van der Waals surface area contributed by atoms with Crippen LogP contribution in [0, 0.1) is 0 Å². The number of halogens is 4. The predicted octanol–water partition coefficient (Wildman–Crippen LogP) is 3.91. The zero-order valence-corrected chi connectivity index (χ0v) is 17.0. The van der Waals surface area contributed by atoms with E-state index in [1.165, 1.54) is 6.92 Å². The minimum Gasteiger partial charge on any atom is -0.458 e. The number of aromatic nitrogens is 1. The van der Waals surface area contributed by atoms with Crippen molar-refractivity contribution in [3.05, 3.63) is 58.9 Å². The van der Waals surface area contributed by atoms with E-state index in [4.69, 9.17) is 16.0 Å². The first kappa shape index (κ1) is 21.6. The van der Waals surface area contributed by atoms with Gasteiger partial charge in [0, 0.05) is 11.6 Å². The molecule has 2 aromatic heterocycles. The second-order valence-corrected chi connectivity index (χ2v) is 7.60. The Bertz CT molecular complexity index is 1230. The molecule has 1 saturated heterocycles. The molecule has 32 heavy (non-hydrogen) atoms. The second-order valence-electron chi connectivity index (χ2n) is 7.20. The number of alkyl halides is 3. The van der Waals surface area contributed by atoms with Crippen LogP contribution in [0.3, 0.4) is 0 Å². The third kappa shape index (κ3) is 3.75. The van der Waals surface area contributed by atoms with Gasteiger partial charge in [-0.1, -0.05) is 29.8 Å². The number of fused-ring (bicyclic) bond motifs is 1. The zero-order chi connectivity index (χ0) is 23.3. The highest BCUT2D eigenvalue weighted by Gasteiger charge is 2.51. The molecule has 2 N–H and O–H groups in total. The minimum absolute atomic E-state index is 0.187. The van der Waals surface area contributed by atoms with E-state index in [1.54, 1.807) is 30.3 Å². The minimum atomic E-state index is -4.65. The molecule has 8 nitrogen and oxygen atoms in total. The average Bonchev–Trinajstić information content (AvgIpc) is 3.25. The molecule has 1 aromatic carbocycles. The van der Waals surface area contributed by atoms with Gasteiger partial charge in [0.2, 0.25) is 5.91 Å². The van der Waals surface area contributed by atoms with Gasteiger partial charge in [-0.25, -0.2) is 9.78 Å². The van der Waals surface area contributed by atoms with E-state index >= 15 is 0 Å². The molecule has 12 heteroatoms. The van der Waals surface area contributed by atoms with Crippen LogP contribution in [0.15, 0.2) is 47.0 Å². The molecule has 0 radical (unpaired) electrons. The number of carbonyl (C=O) groups is 3. The van der Waals surface area contributed by atoms with Crippen LogP contribution < -0.4 is 10.6 Å². The first-order chi connectivity index (χ1) is 15.0. The molecule has 0 aliphatic carbocycles. The van der Waals surface area contributed by atoms with Gasteiger partial charge in [-0.2, -0.15) is 13.2 Å². The van der Waals surface area contributed by atoms with E-state index in [0.717, 1.165) is 5.39 Å². The topological polar surface area (TPSA) is 105 Å². The fourth-order valence-electron chi connectivity index (χ4n) is 3.24. The first-order valence-corrected chi connectivity index (χ1v) is 9.52. The average molecular weight is 467 g/mol. The number of para-hydroxylation sites is 1. The molecule has 4 rings (SSSR count). The van der Waals surface area contributed by atoms with E-state index in [9.17, 15) is 27.6 Å². The molecular weight excluding hydrogens is 453 g/mol. The zero-order valence-electron chi connectivity index (χ0n) is 16.3. The van der Waals surface area contributed by atoms with Gasteiger partial charge in [0.1, 0.15) is 17.9 Å². The van der Waals surface area contributed by atoms with Crippen molar-refractivity contribution in [2.45, 2.75) is 18.6 Å². The number of nitrogens with one attached hydrogen (secondary N) is 2. The number of hydrogen-bond acceptors (Lipinski definition) is 5. The Labute approximate surface area is 183 Å². The molecule has 166 valence electrons. The Balaban J connectivity index is 1.50. The molecule has 1 atom stereocenters. The Morgan fingerprint density at radius 1 is 1.28 bits per heavy atom. The van der Waals surface area contributed by atoms with Gasteiger partial charge in [-0.3, -0.25) is 14.5 Å². The largest absolute Gasteiger partial charge is 0.458 e. The van der Waals surface area contributed by atoms with Crippen LogP contribution in [0.25, 0.3) is 11.0 Å². The lowest BCUT2D eigenvalue weighted by Crippen LogP contribution is -2.42. The maximum Gasteiger partial charge on any atom is 0.417 e. The highest BCUT2D eigenvalue weighted by molar-refractivity contribution is 6.33. The Kier molecular flexibility index (Phi) is 5.08. The standard InChI is InChI=1S/C20H14ClF3N4O4/c1-19(14-6-10-4-2-3-5-13(10)32-14)17(30)28(18(31)27-19)9-15(29)26-16-12(21)7-11(8-25-16)20(22,23)24/h2-8H,9H2,1H3,(H,27,31)(H,25,26,29). The molecule has 3 heterocycles. The molecular formula is C20H14ClF3N4O4. The van der Waals surface area contributed by atoms with Gasteiger partial charge in [0.25, 0.3) is 5.91 Å². The van der Waals surface area contributed by atoms with Crippen LogP contribution in [-0.4, -0.2) is 34.3 Å². The quantitative estimate of drug-likeness (QED) is 0.567. The number of urea groups is 1. The number of amides is 4. The monoisotopic (exact) mass is 466 g/mol. The number of imide groups is 1. The van der Waals surface area contributed by atoms with Gasteiger partial charge < -0.3 is 15.1 Å². The number of anilines is 1. The van der Waals surface area contributed by atoms with Crippen LogP contribution in [-0.2, 0) is 21.3 Å². The van der Waals surface area contributed by atoms with E-state index in [1.807, 2.05) is 0 Å². The summed E-state index contributed by atoms with van der Waals surface area (Å²) in [6.07, 6.45) is -4.14. The molecule has 1 aliphatic rings. The number of hydrogen-bond donors (Lipinski definition) is 2. The highest BCUT2D eigenvalue weighted by atomic mass is 35.5. The van der Waals surface area contributed by atoms with Crippen molar-refractivity contribution in [2.75, 3.05) is 11.9 Å². The molecule has 1 unspecified atom stereocenters. The first-order valence-electron chi connectivity index (χ1n) is 9.15. The van der Waals surface area contributed by atoms with E-state index in [2.05, 4.69) is 15.6 Å². The van der Waals surface area contributed by atoms with Gasteiger partial charge in [-0.15, -0.1) is 0 Å². The normalized spacial score (nSPS) is 18.8. The summed E-state index contributed by atoms with van der Waals surface area (Å²) < 4.78 is 43.8. The van der Waals surface area contributed by atoms with E-state index in [-0.39, 0.29) is 11.6 Å². The van der Waals surface area contributed by atoms with Crippen molar-refractivity contribution in [1.82, 2.24) is 15.2 Å². The van der Waals surface area contributed by atoms with Crippen LogP contribution in [0.2, 0.25) is 5.02 Å². The number of rotatable bonds is 4. The number of benzene rings is 1. The summed E-state index contributed by atoms with van der Waals surface area (Å²) in [5, 5.41) is 4.99. The van der Waals surface area contributed by atoms with Gasteiger partial charge in [0.15, 0.2) is 11.4 Å². The predicted molar refractivity (Wildman–Crippen MR) is 107 cm³/mol. The van der Waals surface area contributed by atoms with Gasteiger partial charge in [0.05, 0.1) is 10.6 Å². The Morgan fingerprint density at radius 2 is 2.00 bits per heavy atom. The van der Waals surface area contributed by atoms with Crippen molar-refractivity contribution in [1.29, 1.82) is 0 Å². The summed E-state index contributed by atoms with van der Waals surface area (Å²) in [4.78, 5) is 41.9. The number of pyridine rings is 1. The maximum atomic E-state index is 13.0. The van der Waals surface area contributed by atoms with Crippen LogP contribution in [0.5, 0.6) is 0 Å². The second kappa shape index (κ2) is 7.52. The molecule has 3 aromatic rings. The summed E-state index contributed by atoms with van der Waals surface area (Å²) in [5.74, 6) is -1.76. The summed E-state index contributed by atoms with van der Waals surface area (Å²) >= 11 is 5.77. The third-order valence-electron chi connectivity index (χ3n) is 4.92. The lowest BCUT2D eigenvalue weighted by Gasteiger charge is -2.19. The Hall–Kier alpha value is -3.60. The molecule has 4 amide bonds. The molecule has 1 aliphatic heterocycles. The summed E-state index contributed by atoms with van der Waals surface area (Å²) in [5.41, 5.74) is -2.11. The van der Waals surface area contributed by atoms with Crippen molar-refractivity contribution in [3.8, 4) is 0 Å². The van der Waals surface area contributed by atoms with Crippen molar-refractivity contribution < 1.29 is 32.0 Å². The number of furan rings is 1. The third-order valence-corrected chi connectivity index (χ3v) is 5.21. The van der Waals surface area contributed by atoms with Crippen LogP contribution in [0.4, 0.5) is 23.8 Å². The summed E-state index contributed by atoms with van der Waals surface area (Å²) in [6.45, 7) is 0.733. The molecule has 0 saturated carbocycles. The number of nitrogens with zero attached hydrogens (tertiary/aromatic N) is 2. The van der Waals surface area contributed by atoms with Gasteiger partial charge in [-0.05, 0) is 25.1 Å². The fraction of sp³-hybridized carbons (Fsp3) is 0.200. The molecule has 1 fully saturated rings. The van der Waals surface area contributed by atoms with Crippen molar-refractivity contribution in [3.63, 3.8) is 0 Å². The molecule has 0 bridgehead atoms. The smallest absolute Gasteiger partial charge is 0.417 e. The highest BCUT2D eigenvalue weighted by Crippen LogP contribution is 2.34. The number of carbonyl (C=O) groups excluding carboxylic acids is 3. The molecule has 0 spiro atoms. The van der Waals surface area contributed by atoms with Gasteiger partial charge >= 0.3 is 12.2 Å². The van der Waals surface area contributed by atoms with Crippen molar-refractivity contribution in [2.24, 2.45) is 0 Å². The van der Waals surface area contributed by atoms with Crippen LogP contribution in [0.1, 0.15) is 18.2 Å². The SMILES string of the molecule is CC1(c2cc3ccccc3o2)NC(=O)N(CC(=O)Nc2ncc(C(F)(F)F)cc2Cl)C1=O.